The molecule has 0 spiro atoms. The number of aliphatic imine (C=N–C) groups is 1. The van der Waals surface area contributed by atoms with Crippen LogP contribution in [0, 0.1) is 5.92 Å². The molecule has 0 heterocycles. The van der Waals surface area contributed by atoms with Gasteiger partial charge in [-0.3, -0.25) is 4.99 Å². The van der Waals surface area contributed by atoms with Crippen LogP contribution in [0.15, 0.2) is 29.4 Å². The van der Waals surface area contributed by atoms with E-state index in [9.17, 15) is 0 Å². The highest BCUT2D eigenvalue weighted by molar-refractivity contribution is 5.30. The molecular weight excluding hydrogens is 138 g/mol. The molecule has 2 nitrogen and oxygen atoms in total. The lowest BCUT2D eigenvalue weighted by Gasteiger charge is -2.10. The SMILES string of the molecule is C=C/C=C(\N=C)C(CC)CO. The summed E-state index contributed by atoms with van der Waals surface area (Å²) in [6.45, 7) is 9.10. The molecule has 0 bridgehead atoms. The van der Waals surface area contributed by atoms with Crippen LogP contribution in [0.2, 0.25) is 0 Å². The van der Waals surface area contributed by atoms with Crippen LogP contribution in [0.25, 0.3) is 0 Å². The minimum absolute atomic E-state index is 0.102. The molecule has 0 amide bonds. The highest BCUT2D eigenvalue weighted by Crippen LogP contribution is 2.14. The molecule has 0 aromatic heterocycles. The standard InChI is InChI=1S/C9H15NO/c1-4-6-9(10-3)8(5-2)7-11/h4,6,8,11H,1,3,5,7H2,2H3/b9-6-. The Balaban J connectivity index is 4.32. The van der Waals surface area contributed by atoms with Crippen molar-refractivity contribution >= 4 is 6.72 Å². The topological polar surface area (TPSA) is 32.6 Å². The van der Waals surface area contributed by atoms with Crippen molar-refractivity contribution in [2.75, 3.05) is 6.61 Å². The molecule has 0 aromatic carbocycles. The molecule has 2 heteroatoms. The fourth-order valence-corrected chi connectivity index (χ4v) is 0.870. The molecule has 62 valence electrons. The summed E-state index contributed by atoms with van der Waals surface area (Å²) >= 11 is 0. The van der Waals surface area contributed by atoms with Gasteiger partial charge in [0.2, 0.25) is 0 Å². The first-order chi connectivity index (χ1) is 5.29. The Kier molecular flexibility index (Phi) is 5.39. The molecule has 0 aliphatic carbocycles. The molecule has 1 N–H and O–H groups in total. The van der Waals surface area contributed by atoms with Crippen LogP contribution in [-0.4, -0.2) is 18.4 Å². The van der Waals surface area contributed by atoms with Crippen LogP contribution >= 0.6 is 0 Å². The van der Waals surface area contributed by atoms with Gasteiger partial charge in [-0.25, -0.2) is 0 Å². The average molecular weight is 153 g/mol. The third-order valence-electron chi connectivity index (χ3n) is 1.60. The number of aliphatic hydroxyl groups excluding tert-OH is 1. The van der Waals surface area contributed by atoms with E-state index >= 15 is 0 Å². The summed E-state index contributed by atoms with van der Waals surface area (Å²) in [7, 11) is 0. The van der Waals surface area contributed by atoms with Gasteiger partial charge >= 0.3 is 0 Å². The van der Waals surface area contributed by atoms with Crippen molar-refractivity contribution in [3.8, 4) is 0 Å². The Hall–Kier alpha value is -0.890. The van der Waals surface area contributed by atoms with Crippen LogP contribution in [0.3, 0.4) is 0 Å². The van der Waals surface area contributed by atoms with Gasteiger partial charge in [-0.2, -0.15) is 0 Å². The molecule has 1 atom stereocenters. The first-order valence-electron chi connectivity index (χ1n) is 3.70. The van der Waals surface area contributed by atoms with Crippen LogP contribution in [0.4, 0.5) is 0 Å². The van der Waals surface area contributed by atoms with Crippen LogP contribution in [0.5, 0.6) is 0 Å². The van der Waals surface area contributed by atoms with Gasteiger partial charge in [0.25, 0.3) is 0 Å². The molecule has 0 fully saturated rings. The third kappa shape index (κ3) is 3.14. The van der Waals surface area contributed by atoms with E-state index in [0.717, 1.165) is 12.1 Å². The molecule has 0 aliphatic heterocycles. The first-order valence-corrected chi connectivity index (χ1v) is 3.70. The van der Waals surface area contributed by atoms with Gasteiger partial charge in [0.1, 0.15) is 0 Å². The zero-order chi connectivity index (χ0) is 8.69. The Bertz CT molecular complexity index is 157. The summed E-state index contributed by atoms with van der Waals surface area (Å²) in [4.78, 5) is 3.80. The second-order valence-corrected chi connectivity index (χ2v) is 2.27. The Morgan fingerprint density at radius 1 is 1.73 bits per heavy atom. The normalized spacial score (nSPS) is 14.2. The van der Waals surface area contributed by atoms with E-state index in [1.807, 2.05) is 6.92 Å². The summed E-state index contributed by atoms with van der Waals surface area (Å²) < 4.78 is 0. The largest absolute Gasteiger partial charge is 0.396 e. The van der Waals surface area contributed by atoms with Gasteiger partial charge in [0.15, 0.2) is 0 Å². The Labute approximate surface area is 68.0 Å². The second-order valence-electron chi connectivity index (χ2n) is 2.27. The second kappa shape index (κ2) is 5.86. The maximum Gasteiger partial charge on any atom is 0.0514 e. The fraction of sp³-hybridized carbons (Fsp3) is 0.444. The summed E-state index contributed by atoms with van der Waals surface area (Å²) in [6, 6.07) is 0. The van der Waals surface area contributed by atoms with E-state index in [1.54, 1.807) is 12.2 Å². The van der Waals surface area contributed by atoms with E-state index in [-0.39, 0.29) is 12.5 Å². The number of hydrogen-bond donors (Lipinski definition) is 1. The quantitative estimate of drug-likeness (QED) is 0.474. The summed E-state index contributed by atoms with van der Waals surface area (Å²) in [5.74, 6) is 0.102. The molecule has 0 radical (unpaired) electrons. The monoisotopic (exact) mass is 153 g/mol. The van der Waals surface area contributed by atoms with Crippen LogP contribution < -0.4 is 0 Å². The highest BCUT2D eigenvalue weighted by atomic mass is 16.3. The van der Waals surface area contributed by atoms with Crippen molar-refractivity contribution in [1.82, 2.24) is 0 Å². The van der Waals surface area contributed by atoms with Crippen molar-refractivity contribution in [2.45, 2.75) is 13.3 Å². The average Bonchev–Trinajstić information content (AvgIpc) is 2.05. The lowest BCUT2D eigenvalue weighted by Crippen LogP contribution is -2.06. The maximum absolute atomic E-state index is 8.89. The zero-order valence-electron chi connectivity index (χ0n) is 6.95. The van der Waals surface area contributed by atoms with Gasteiger partial charge in [-0.05, 0) is 19.2 Å². The predicted octanol–water partition coefficient (Wildman–Crippen LogP) is 1.78. The molecule has 1 unspecified atom stereocenters. The first kappa shape index (κ1) is 10.1. The molecular formula is C9H15NO. The summed E-state index contributed by atoms with van der Waals surface area (Å²) in [5, 5.41) is 8.89. The molecule has 0 aliphatic rings. The molecule has 0 rings (SSSR count). The number of allylic oxidation sites excluding steroid dienone is 2. The third-order valence-corrected chi connectivity index (χ3v) is 1.60. The zero-order valence-corrected chi connectivity index (χ0v) is 6.95. The van der Waals surface area contributed by atoms with E-state index in [1.165, 1.54) is 0 Å². The van der Waals surface area contributed by atoms with Crippen molar-refractivity contribution in [3.63, 3.8) is 0 Å². The molecule has 11 heavy (non-hydrogen) atoms. The van der Waals surface area contributed by atoms with Crippen LogP contribution in [0.1, 0.15) is 13.3 Å². The Morgan fingerprint density at radius 2 is 2.36 bits per heavy atom. The van der Waals surface area contributed by atoms with Crippen molar-refractivity contribution in [3.05, 3.63) is 24.4 Å². The van der Waals surface area contributed by atoms with Gasteiger partial charge in [0.05, 0.1) is 6.61 Å². The van der Waals surface area contributed by atoms with E-state index < -0.39 is 0 Å². The lowest BCUT2D eigenvalue weighted by molar-refractivity contribution is 0.242. The minimum Gasteiger partial charge on any atom is -0.396 e. The Morgan fingerprint density at radius 3 is 2.64 bits per heavy atom. The van der Waals surface area contributed by atoms with Crippen molar-refractivity contribution in [2.24, 2.45) is 10.9 Å². The van der Waals surface area contributed by atoms with E-state index in [0.29, 0.717) is 0 Å². The smallest absolute Gasteiger partial charge is 0.0514 e. The maximum atomic E-state index is 8.89. The minimum atomic E-state index is 0.102. The van der Waals surface area contributed by atoms with E-state index in [2.05, 4.69) is 18.3 Å². The van der Waals surface area contributed by atoms with Gasteiger partial charge < -0.3 is 5.11 Å². The molecule has 0 saturated carbocycles. The predicted molar refractivity (Wildman–Crippen MR) is 48.7 cm³/mol. The highest BCUT2D eigenvalue weighted by Gasteiger charge is 2.07. The number of nitrogens with zero attached hydrogens (tertiary/aromatic N) is 1. The van der Waals surface area contributed by atoms with E-state index in [4.69, 9.17) is 5.11 Å². The molecule has 0 saturated heterocycles. The van der Waals surface area contributed by atoms with Gasteiger partial charge in [-0.1, -0.05) is 19.6 Å². The molecule has 0 aromatic rings. The van der Waals surface area contributed by atoms with Crippen molar-refractivity contribution in [1.29, 1.82) is 0 Å². The number of rotatable bonds is 5. The van der Waals surface area contributed by atoms with Crippen molar-refractivity contribution < 1.29 is 5.11 Å². The van der Waals surface area contributed by atoms with Gasteiger partial charge in [0, 0.05) is 11.6 Å². The number of hydrogen-bond acceptors (Lipinski definition) is 2. The summed E-state index contributed by atoms with van der Waals surface area (Å²) in [6.07, 6.45) is 4.30. The fourth-order valence-electron chi connectivity index (χ4n) is 0.870. The van der Waals surface area contributed by atoms with Gasteiger partial charge in [-0.15, -0.1) is 0 Å². The lowest BCUT2D eigenvalue weighted by atomic mass is 10.0. The number of aliphatic hydroxyl groups is 1. The van der Waals surface area contributed by atoms with Crippen LogP contribution in [-0.2, 0) is 0 Å². The summed E-state index contributed by atoms with van der Waals surface area (Å²) in [5.41, 5.74) is 0.810.